The number of likely N-dealkylation sites (tertiary alicyclic amines) is 1. The van der Waals surface area contributed by atoms with Crippen LogP contribution in [0.1, 0.15) is 74.4 Å². The van der Waals surface area contributed by atoms with Crippen LogP contribution in [0.15, 0.2) is 109 Å². The Morgan fingerprint density at radius 1 is 0.709 bits per heavy atom. The molecule has 0 saturated carbocycles. The van der Waals surface area contributed by atoms with Gasteiger partial charge < -0.3 is 59.5 Å². The highest BCUT2D eigenvalue weighted by molar-refractivity contribution is 7.13. The number of allylic oxidation sites excluding steroid dienone is 1. The molecule has 79 heavy (non-hydrogen) atoms. The monoisotopic (exact) mass is 1130 g/mol. The summed E-state index contributed by atoms with van der Waals surface area (Å²) in [7, 11) is 0. The Morgan fingerprint density at radius 3 is 1.84 bits per heavy atom. The number of aryl methyl sites for hydroxylation is 1. The van der Waals surface area contributed by atoms with Crippen LogP contribution in [-0.4, -0.2) is 154 Å². The van der Waals surface area contributed by atoms with E-state index in [1.54, 1.807) is 23.5 Å². The maximum absolute atomic E-state index is 13.9. The average Bonchev–Trinajstić information content (AvgIpc) is 4.14. The normalized spacial score (nSPS) is 15.1. The summed E-state index contributed by atoms with van der Waals surface area (Å²) in [6, 6.07) is 31.1. The van der Waals surface area contributed by atoms with E-state index in [4.69, 9.17) is 40.0 Å². The lowest BCUT2D eigenvalue weighted by Gasteiger charge is -2.35. The van der Waals surface area contributed by atoms with Gasteiger partial charge in [-0.1, -0.05) is 99.6 Å². The number of alkyl halides is 1. The fraction of sp³-hybridized carbons (Fsp3) is 0.450. The lowest BCUT2D eigenvalue weighted by Crippen LogP contribution is -2.57. The van der Waals surface area contributed by atoms with Crippen molar-refractivity contribution in [2.45, 2.75) is 78.1 Å². The third kappa shape index (κ3) is 20.4. The zero-order valence-corrected chi connectivity index (χ0v) is 47.3. The van der Waals surface area contributed by atoms with E-state index >= 15 is 0 Å². The number of thiazole rings is 1. The van der Waals surface area contributed by atoms with Gasteiger partial charge in [0.05, 0.1) is 94.8 Å². The molecule has 0 aliphatic carbocycles. The van der Waals surface area contributed by atoms with Crippen molar-refractivity contribution in [2.24, 2.45) is 5.41 Å². The van der Waals surface area contributed by atoms with Gasteiger partial charge in [0.2, 0.25) is 23.6 Å². The quantitative estimate of drug-likeness (QED) is 0.0156. The van der Waals surface area contributed by atoms with Crippen LogP contribution in [0.5, 0.6) is 11.5 Å². The van der Waals surface area contributed by atoms with E-state index in [-0.39, 0.29) is 75.6 Å². The molecule has 4 amide bonds. The predicted octanol–water partition coefficient (Wildman–Crippen LogP) is 7.58. The van der Waals surface area contributed by atoms with E-state index < -0.39 is 29.5 Å². The predicted molar refractivity (Wildman–Crippen MR) is 306 cm³/mol. The Balaban J connectivity index is 0.750. The maximum Gasteiger partial charge on any atom is 0.246 e. The third-order valence-electron chi connectivity index (χ3n) is 12.9. The van der Waals surface area contributed by atoms with E-state index in [2.05, 4.69) is 33.1 Å². The second kappa shape index (κ2) is 32.8. The molecule has 1 fully saturated rings. The minimum atomic E-state index is -0.937. The molecule has 1 saturated heterocycles. The Hall–Kier alpha value is -6.22. The lowest BCUT2D eigenvalue weighted by atomic mass is 9.85. The second-order valence-corrected chi connectivity index (χ2v) is 21.2. The number of nitrogens with one attached hydrogen (secondary N) is 3. The zero-order chi connectivity index (χ0) is 56.4. The van der Waals surface area contributed by atoms with Gasteiger partial charge in [-0.3, -0.25) is 19.2 Å². The number of amides is 4. The number of ether oxygens (including phenoxy) is 6. The summed E-state index contributed by atoms with van der Waals surface area (Å²) < 4.78 is 33.8. The SMILES string of the molecule is Cc1ncsc1-c1ccc(CNC(=O)[C@@H]2C[C@@H](O)CN2C(=O)C(NC(=O)CCOCCOCCOCCOCCOCCC(=O)NCCOc2ccc(C(=C(CCCl)c3ccccc3)c3ccc(O)cc3)cc2)C(C)(C)C)cc1. The molecule has 4 aromatic carbocycles. The van der Waals surface area contributed by atoms with Crippen molar-refractivity contribution < 1.29 is 57.8 Å². The molecule has 2 heterocycles. The lowest BCUT2D eigenvalue weighted by molar-refractivity contribution is -0.144. The fourth-order valence-corrected chi connectivity index (χ4v) is 9.78. The Bertz CT molecular complexity index is 2680. The van der Waals surface area contributed by atoms with E-state index in [0.717, 1.165) is 49.5 Å². The molecule has 5 N–H and O–H groups in total. The van der Waals surface area contributed by atoms with Gasteiger partial charge in [-0.2, -0.15) is 0 Å². The van der Waals surface area contributed by atoms with Crippen molar-refractivity contribution in [1.29, 1.82) is 0 Å². The first-order chi connectivity index (χ1) is 38.2. The van der Waals surface area contributed by atoms with Crippen LogP contribution in [0.4, 0.5) is 0 Å². The van der Waals surface area contributed by atoms with Crippen molar-refractivity contribution in [1.82, 2.24) is 25.8 Å². The van der Waals surface area contributed by atoms with Crippen molar-refractivity contribution in [3.63, 3.8) is 0 Å². The number of aliphatic hydroxyl groups excluding tert-OH is 1. The number of phenols is 1. The summed E-state index contributed by atoms with van der Waals surface area (Å²) in [4.78, 5) is 59.5. The number of halogens is 1. The molecular formula is C60H76ClN5O12S. The standard InChI is InChI=1S/C60H76ClN5O12S/c1-42-56(79-41-64-42)47-12-10-43(11-13-47)39-63-58(71)52-38-49(68)40-66(52)59(72)57(60(2,3)4)65-54(70)24-28-74-31-33-76-35-37-77-36-34-75-32-30-73-27-23-53(69)62-26-29-78-50-20-16-46(17-21-50)55(45-14-18-48(67)19-15-45)51(22-25-61)44-8-6-5-7-9-44/h5-21,41,49,52,57,67-68H,22-40H2,1-4H3,(H,62,69)(H,63,71)(H,65,70)/t49-,52+,57?/m1/s1. The number of carbonyl (C=O) groups excluding carboxylic acids is 4. The molecule has 0 spiro atoms. The Morgan fingerprint density at radius 2 is 1.28 bits per heavy atom. The van der Waals surface area contributed by atoms with Crippen LogP contribution < -0.4 is 20.7 Å². The molecule has 17 nitrogen and oxygen atoms in total. The van der Waals surface area contributed by atoms with Crippen LogP contribution in [0.3, 0.4) is 0 Å². The number of benzene rings is 4. The van der Waals surface area contributed by atoms with Crippen molar-refractivity contribution in [3.8, 4) is 21.9 Å². The minimum Gasteiger partial charge on any atom is -0.508 e. The van der Waals surface area contributed by atoms with E-state index in [1.165, 1.54) is 4.90 Å². The highest BCUT2D eigenvalue weighted by Crippen LogP contribution is 2.36. The third-order valence-corrected chi connectivity index (χ3v) is 14.1. The summed E-state index contributed by atoms with van der Waals surface area (Å²) >= 11 is 7.86. The van der Waals surface area contributed by atoms with E-state index in [0.29, 0.717) is 77.5 Å². The van der Waals surface area contributed by atoms with Crippen LogP contribution in [0, 0.1) is 12.3 Å². The van der Waals surface area contributed by atoms with Crippen LogP contribution in [-0.2, 0) is 49.4 Å². The number of hydrogen-bond acceptors (Lipinski definition) is 14. The van der Waals surface area contributed by atoms with Gasteiger partial charge in [-0.25, -0.2) is 4.98 Å². The zero-order valence-electron chi connectivity index (χ0n) is 45.7. The molecule has 1 aliphatic rings. The smallest absolute Gasteiger partial charge is 0.246 e. The molecule has 426 valence electrons. The molecule has 19 heteroatoms. The van der Waals surface area contributed by atoms with Gasteiger partial charge >= 0.3 is 0 Å². The Labute approximate surface area is 472 Å². The maximum atomic E-state index is 13.9. The number of aromatic hydroxyl groups is 1. The number of phenolic OH excluding ortho intramolecular Hbond substituents is 1. The number of carbonyl (C=O) groups is 4. The molecule has 1 aromatic heterocycles. The Kier molecular flexibility index (Phi) is 25.7. The van der Waals surface area contributed by atoms with Gasteiger partial charge in [-0.15, -0.1) is 22.9 Å². The molecule has 5 aromatic rings. The van der Waals surface area contributed by atoms with Crippen molar-refractivity contribution in [3.05, 3.63) is 137 Å². The number of nitrogens with zero attached hydrogens (tertiary/aromatic N) is 2. The summed E-state index contributed by atoms with van der Waals surface area (Å²) in [5, 5.41) is 29.1. The summed E-state index contributed by atoms with van der Waals surface area (Å²) in [6.07, 6.45) is 0.115. The van der Waals surface area contributed by atoms with Gasteiger partial charge in [0.25, 0.3) is 0 Å². The number of aliphatic hydroxyl groups is 1. The summed E-state index contributed by atoms with van der Waals surface area (Å²) in [6.45, 7) is 11.5. The molecular weight excluding hydrogens is 1050 g/mol. The molecule has 3 atom stereocenters. The first kappa shape index (κ1) is 62.0. The van der Waals surface area contributed by atoms with Gasteiger partial charge in [-0.05, 0) is 82.0 Å². The second-order valence-electron chi connectivity index (χ2n) is 19.9. The van der Waals surface area contributed by atoms with Crippen LogP contribution in [0.2, 0.25) is 0 Å². The van der Waals surface area contributed by atoms with Crippen LogP contribution >= 0.6 is 22.9 Å². The molecule has 1 unspecified atom stereocenters. The van der Waals surface area contributed by atoms with Gasteiger partial charge in [0.15, 0.2) is 0 Å². The van der Waals surface area contributed by atoms with Gasteiger partial charge in [0, 0.05) is 38.2 Å². The highest BCUT2D eigenvalue weighted by Gasteiger charge is 2.44. The average molecular weight is 1130 g/mol. The first-order valence-electron chi connectivity index (χ1n) is 26.8. The molecule has 6 rings (SSSR count). The molecule has 0 radical (unpaired) electrons. The topological polar surface area (TPSA) is 216 Å². The largest absolute Gasteiger partial charge is 0.508 e. The summed E-state index contributed by atoms with van der Waals surface area (Å²) in [5.74, 6) is 0.00941. The van der Waals surface area contributed by atoms with Crippen LogP contribution in [0.25, 0.3) is 21.6 Å². The number of hydrogen-bond donors (Lipinski definition) is 5. The molecule has 0 bridgehead atoms. The minimum absolute atomic E-state index is 0.0114. The fourth-order valence-electron chi connectivity index (χ4n) is 8.78. The van der Waals surface area contributed by atoms with Crippen molar-refractivity contribution >= 4 is 57.7 Å². The van der Waals surface area contributed by atoms with Gasteiger partial charge in [0.1, 0.15) is 30.2 Å². The number of aromatic nitrogens is 1. The number of β-amino-alcohol motifs (C(OH)–C–C–N with tert-alkyl or cyclic N) is 1. The van der Waals surface area contributed by atoms with E-state index in [1.807, 2.05) is 112 Å². The molecule has 1 aliphatic heterocycles. The van der Waals surface area contributed by atoms with Crippen molar-refractivity contribution in [2.75, 3.05) is 91.6 Å². The highest BCUT2D eigenvalue weighted by atomic mass is 35.5. The van der Waals surface area contributed by atoms with E-state index in [9.17, 15) is 29.4 Å². The first-order valence-corrected chi connectivity index (χ1v) is 28.2. The number of rotatable bonds is 33. The summed E-state index contributed by atoms with van der Waals surface area (Å²) in [5.41, 5.74) is 9.17.